The molecule has 0 aliphatic carbocycles. The molecular weight excluding hydrogens is 268 g/mol. The highest BCUT2D eigenvalue weighted by Gasteiger charge is 2.18. The van der Waals surface area contributed by atoms with Crippen LogP contribution in [0.2, 0.25) is 0 Å². The predicted octanol–water partition coefficient (Wildman–Crippen LogP) is 1.90. The molecule has 0 bridgehead atoms. The first-order chi connectivity index (χ1) is 10.3. The summed E-state index contributed by atoms with van der Waals surface area (Å²) in [4.78, 5) is 0. The third-order valence-corrected chi connectivity index (χ3v) is 3.56. The fourth-order valence-electron chi connectivity index (χ4n) is 2.42. The third kappa shape index (κ3) is 3.80. The van der Waals surface area contributed by atoms with E-state index in [0.717, 1.165) is 25.0 Å². The maximum Gasteiger partial charge on any atom is 0.315 e. The molecule has 6 nitrogen and oxygen atoms in total. The van der Waals surface area contributed by atoms with Crippen LogP contribution in [0, 0.1) is 0 Å². The summed E-state index contributed by atoms with van der Waals surface area (Å²) in [6.07, 6.45) is 3.09. The zero-order valence-corrected chi connectivity index (χ0v) is 11.9. The van der Waals surface area contributed by atoms with Gasteiger partial charge in [0.2, 0.25) is 5.89 Å². The van der Waals surface area contributed by atoms with Crippen LogP contribution in [0.1, 0.15) is 30.3 Å². The summed E-state index contributed by atoms with van der Waals surface area (Å²) < 4.78 is 11.1. The number of rotatable bonds is 6. The number of benzene rings is 1. The van der Waals surface area contributed by atoms with Crippen molar-refractivity contribution in [3.63, 3.8) is 0 Å². The summed E-state index contributed by atoms with van der Waals surface area (Å²) in [7, 11) is 0. The number of nitrogens with two attached hydrogens (primary N) is 1. The lowest BCUT2D eigenvalue weighted by atomic mass is 10.1. The van der Waals surface area contributed by atoms with Gasteiger partial charge in [-0.1, -0.05) is 35.4 Å². The Morgan fingerprint density at radius 3 is 2.90 bits per heavy atom. The molecule has 3 N–H and O–H groups in total. The van der Waals surface area contributed by atoms with Gasteiger partial charge in [0.05, 0.1) is 12.1 Å². The van der Waals surface area contributed by atoms with Crippen molar-refractivity contribution >= 4 is 6.01 Å². The van der Waals surface area contributed by atoms with Gasteiger partial charge in [0.1, 0.15) is 0 Å². The van der Waals surface area contributed by atoms with Gasteiger partial charge in [0, 0.05) is 13.2 Å². The van der Waals surface area contributed by atoms with E-state index in [4.69, 9.17) is 14.9 Å². The van der Waals surface area contributed by atoms with Crippen LogP contribution in [0.5, 0.6) is 0 Å². The minimum atomic E-state index is -0.293. The van der Waals surface area contributed by atoms with E-state index in [0.29, 0.717) is 24.9 Å². The number of nitrogens with zero attached hydrogens (tertiary/aromatic N) is 2. The predicted molar refractivity (Wildman–Crippen MR) is 78.8 cm³/mol. The van der Waals surface area contributed by atoms with Crippen molar-refractivity contribution in [2.45, 2.75) is 31.4 Å². The average molecular weight is 288 g/mol. The first-order valence-electron chi connectivity index (χ1n) is 7.29. The van der Waals surface area contributed by atoms with Crippen molar-refractivity contribution in [1.82, 2.24) is 10.2 Å². The van der Waals surface area contributed by atoms with Crippen molar-refractivity contribution in [2.75, 3.05) is 18.5 Å². The summed E-state index contributed by atoms with van der Waals surface area (Å²) in [5.74, 6) is 0.452. The molecule has 0 saturated carbocycles. The highest BCUT2D eigenvalue weighted by molar-refractivity contribution is 5.20. The monoisotopic (exact) mass is 288 g/mol. The van der Waals surface area contributed by atoms with Gasteiger partial charge in [-0.25, -0.2) is 0 Å². The molecule has 1 aliphatic rings. The first kappa shape index (κ1) is 14.0. The van der Waals surface area contributed by atoms with Crippen LogP contribution in [-0.2, 0) is 11.2 Å². The van der Waals surface area contributed by atoms with E-state index in [2.05, 4.69) is 15.5 Å². The van der Waals surface area contributed by atoms with Gasteiger partial charge < -0.3 is 20.2 Å². The van der Waals surface area contributed by atoms with E-state index in [9.17, 15) is 0 Å². The van der Waals surface area contributed by atoms with E-state index in [-0.39, 0.29) is 12.1 Å². The number of nitrogens with one attached hydrogen (secondary N) is 1. The minimum absolute atomic E-state index is 0.235. The highest BCUT2D eigenvalue weighted by Crippen LogP contribution is 2.18. The zero-order valence-electron chi connectivity index (χ0n) is 11.9. The molecule has 1 aromatic heterocycles. The molecule has 2 aromatic rings. The van der Waals surface area contributed by atoms with Crippen molar-refractivity contribution in [1.29, 1.82) is 0 Å². The Morgan fingerprint density at radius 1 is 1.29 bits per heavy atom. The second-order valence-corrected chi connectivity index (χ2v) is 5.26. The molecule has 0 spiro atoms. The van der Waals surface area contributed by atoms with Gasteiger partial charge in [0.15, 0.2) is 0 Å². The molecule has 2 heterocycles. The molecule has 0 radical (unpaired) electrons. The van der Waals surface area contributed by atoms with Crippen LogP contribution in [0.25, 0.3) is 0 Å². The van der Waals surface area contributed by atoms with Gasteiger partial charge in [-0.2, -0.15) is 0 Å². The molecule has 6 heteroatoms. The van der Waals surface area contributed by atoms with Crippen molar-refractivity contribution in [3.8, 4) is 0 Å². The molecule has 0 amide bonds. The standard InChI is InChI=1S/C15H20N4O2/c16-13(9-11-5-2-1-3-6-11)14-18-19-15(21-14)17-10-12-7-4-8-20-12/h1-3,5-6,12-13H,4,7-10,16H2,(H,17,19)/t12-,13+/m0/s1. The molecule has 1 aliphatic heterocycles. The summed E-state index contributed by atoms with van der Waals surface area (Å²) in [6.45, 7) is 1.53. The molecule has 1 saturated heterocycles. The zero-order chi connectivity index (χ0) is 14.5. The van der Waals surface area contributed by atoms with E-state index in [1.165, 1.54) is 0 Å². The summed E-state index contributed by atoms with van der Waals surface area (Å²) >= 11 is 0. The number of ether oxygens (including phenoxy) is 1. The van der Waals surface area contributed by atoms with Crippen LogP contribution in [0.4, 0.5) is 6.01 Å². The maximum atomic E-state index is 6.11. The normalized spacial score (nSPS) is 19.6. The largest absolute Gasteiger partial charge is 0.406 e. The Kier molecular flexibility index (Phi) is 4.47. The fourth-order valence-corrected chi connectivity index (χ4v) is 2.42. The summed E-state index contributed by atoms with van der Waals surface area (Å²) in [5.41, 5.74) is 7.26. The molecule has 2 atom stereocenters. The first-order valence-corrected chi connectivity index (χ1v) is 7.29. The van der Waals surface area contributed by atoms with Crippen molar-refractivity contribution in [3.05, 3.63) is 41.8 Å². The Morgan fingerprint density at radius 2 is 2.14 bits per heavy atom. The van der Waals surface area contributed by atoms with Crippen LogP contribution in [0.3, 0.4) is 0 Å². The Balaban J connectivity index is 1.53. The topological polar surface area (TPSA) is 86.2 Å². The third-order valence-electron chi connectivity index (χ3n) is 3.56. The quantitative estimate of drug-likeness (QED) is 0.844. The van der Waals surface area contributed by atoms with Crippen LogP contribution in [0.15, 0.2) is 34.7 Å². The van der Waals surface area contributed by atoms with E-state index >= 15 is 0 Å². The maximum absolute atomic E-state index is 6.11. The van der Waals surface area contributed by atoms with Crippen LogP contribution in [-0.4, -0.2) is 29.5 Å². The lowest BCUT2D eigenvalue weighted by Gasteiger charge is -2.08. The Hall–Kier alpha value is -1.92. The Labute approximate surface area is 123 Å². The van der Waals surface area contributed by atoms with Gasteiger partial charge in [-0.15, -0.1) is 5.10 Å². The van der Waals surface area contributed by atoms with Crippen LogP contribution < -0.4 is 11.1 Å². The van der Waals surface area contributed by atoms with Crippen molar-refractivity contribution < 1.29 is 9.15 Å². The number of anilines is 1. The molecule has 3 rings (SSSR count). The molecule has 112 valence electrons. The lowest BCUT2D eigenvalue weighted by molar-refractivity contribution is 0.120. The molecule has 0 unspecified atom stereocenters. The Bertz CT molecular complexity index is 552. The number of hydrogen-bond donors (Lipinski definition) is 2. The molecular formula is C15H20N4O2. The molecule has 1 aromatic carbocycles. The van der Waals surface area contributed by atoms with Gasteiger partial charge in [0.25, 0.3) is 0 Å². The SMILES string of the molecule is N[C@H](Cc1ccccc1)c1nnc(NC[C@@H]2CCCO2)o1. The van der Waals surface area contributed by atoms with Gasteiger partial charge in [-0.05, 0) is 24.8 Å². The molecule has 1 fully saturated rings. The van der Waals surface area contributed by atoms with Crippen LogP contribution >= 0.6 is 0 Å². The lowest BCUT2D eigenvalue weighted by Crippen LogP contribution is -2.18. The number of aromatic nitrogens is 2. The van der Waals surface area contributed by atoms with E-state index in [1.807, 2.05) is 30.3 Å². The summed E-state index contributed by atoms with van der Waals surface area (Å²) in [6, 6.07) is 10.1. The van der Waals surface area contributed by atoms with E-state index in [1.54, 1.807) is 0 Å². The average Bonchev–Trinajstić information content (AvgIpc) is 3.18. The number of hydrogen-bond acceptors (Lipinski definition) is 6. The minimum Gasteiger partial charge on any atom is -0.406 e. The fraction of sp³-hybridized carbons (Fsp3) is 0.467. The van der Waals surface area contributed by atoms with Gasteiger partial charge in [-0.3, -0.25) is 0 Å². The smallest absolute Gasteiger partial charge is 0.315 e. The molecule has 21 heavy (non-hydrogen) atoms. The van der Waals surface area contributed by atoms with E-state index < -0.39 is 0 Å². The van der Waals surface area contributed by atoms with Gasteiger partial charge >= 0.3 is 6.01 Å². The second-order valence-electron chi connectivity index (χ2n) is 5.26. The highest BCUT2D eigenvalue weighted by atomic mass is 16.5. The summed E-state index contributed by atoms with van der Waals surface area (Å²) in [5, 5.41) is 11.1. The van der Waals surface area contributed by atoms with Crippen molar-refractivity contribution in [2.24, 2.45) is 5.73 Å². The second kappa shape index (κ2) is 6.69.